The number of nitrogens with zero attached hydrogens (tertiary/aromatic N) is 4. The van der Waals surface area contributed by atoms with Crippen LogP contribution < -0.4 is 5.32 Å². The van der Waals surface area contributed by atoms with E-state index in [9.17, 15) is 0 Å². The van der Waals surface area contributed by atoms with Crippen molar-refractivity contribution in [3.8, 4) is 0 Å². The molecule has 5 nitrogen and oxygen atoms in total. The molecular formula is C17H32ClN5. The van der Waals surface area contributed by atoms with E-state index in [1.807, 2.05) is 19.3 Å². The van der Waals surface area contributed by atoms with E-state index >= 15 is 0 Å². The first-order valence-electron chi connectivity index (χ1n) is 8.47. The molecule has 1 unspecified atom stereocenters. The van der Waals surface area contributed by atoms with Crippen LogP contribution in [0.25, 0.3) is 0 Å². The molecule has 0 aliphatic carbocycles. The number of rotatable bonds is 8. The Balaban J connectivity index is 2.75. The van der Waals surface area contributed by atoms with Crippen molar-refractivity contribution in [2.45, 2.75) is 40.3 Å². The van der Waals surface area contributed by atoms with Crippen LogP contribution >= 0.6 is 11.6 Å². The SMILES string of the molecule is CCNC(=NCC(C)N(CC)CC)N(C)Cc1cc(Cl)cn1C. The summed E-state index contributed by atoms with van der Waals surface area (Å²) in [5, 5.41) is 4.15. The van der Waals surface area contributed by atoms with Gasteiger partial charge < -0.3 is 14.8 Å². The number of nitrogens with one attached hydrogen (secondary N) is 1. The van der Waals surface area contributed by atoms with E-state index < -0.39 is 0 Å². The molecule has 1 aromatic heterocycles. The van der Waals surface area contributed by atoms with Crippen LogP contribution in [-0.4, -0.2) is 59.6 Å². The van der Waals surface area contributed by atoms with E-state index in [1.54, 1.807) is 0 Å². The Kier molecular flexibility index (Phi) is 8.48. The molecule has 1 rings (SSSR count). The number of aliphatic imine (C=N–C) groups is 1. The Labute approximate surface area is 146 Å². The van der Waals surface area contributed by atoms with Crippen molar-refractivity contribution in [2.24, 2.45) is 12.0 Å². The summed E-state index contributed by atoms with van der Waals surface area (Å²) in [6, 6.07) is 2.44. The molecule has 1 atom stereocenters. The van der Waals surface area contributed by atoms with Crippen molar-refractivity contribution in [1.29, 1.82) is 0 Å². The predicted molar refractivity (Wildman–Crippen MR) is 100 cm³/mol. The average Bonchev–Trinajstić information content (AvgIpc) is 2.82. The largest absolute Gasteiger partial charge is 0.357 e. The predicted octanol–water partition coefficient (Wildman–Crippen LogP) is 2.81. The summed E-state index contributed by atoms with van der Waals surface area (Å²) in [6.07, 6.45) is 1.93. The standard InChI is InChI=1S/C17H32ClN5/c1-7-19-17(20-11-14(4)23(8-2)9-3)22(6)13-16-10-15(18)12-21(16)5/h10,12,14H,7-9,11,13H2,1-6H3,(H,19,20). The quantitative estimate of drug-likeness (QED) is 0.583. The van der Waals surface area contributed by atoms with E-state index in [1.165, 1.54) is 5.69 Å². The number of likely N-dealkylation sites (N-methyl/N-ethyl adjacent to an activating group) is 1. The highest BCUT2D eigenvalue weighted by Gasteiger charge is 2.12. The Morgan fingerprint density at radius 2 is 2.00 bits per heavy atom. The van der Waals surface area contributed by atoms with Crippen LogP contribution in [0.15, 0.2) is 17.3 Å². The molecule has 132 valence electrons. The van der Waals surface area contributed by atoms with Gasteiger partial charge in [-0.25, -0.2) is 0 Å². The summed E-state index contributed by atoms with van der Waals surface area (Å²) in [4.78, 5) is 9.37. The summed E-state index contributed by atoms with van der Waals surface area (Å²) >= 11 is 6.07. The molecule has 0 aliphatic heterocycles. The molecular weight excluding hydrogens is 310 g/mol. The Hall–Kier alpha value is -1.20. The minimum atomic E-state index is 0.441. The van der Waals surface area contributed by atoms with Crippen molar-refractivity contribution in [2.75, 3.05) is 33.2 Å². The van der Waals surface area contributed by atoms with Gasteiger partial charge in [-0.05, 0) is 33.0 Å². The van der Waals surface area contributed by atoms with Crippen molar-refractivity contribution in [1.82, 2.24) is 19.7 Å². The highest BCUT2D eigenvalue weighted by Crippen LogP contribution is 2.14. The summed E-state index contributed by atoms with van der Waals surface area (Å²) < 4.78 is 2.06. The Bertz CT molecular complexity index is 493. The Morgan fingerprint density at radius 1 is 1.35 bits per heavy atom. The monoisotopic (exact) mass is 341 g/mol. The maximum Gasteiger partial charge on any atom is 0.194 e. The van der Waals surface area contributed by atoms with Crippen LogP contribution in [0.5, 0.6) is 0 Å². The maximum atomic E-state index is 6.07. The van der Waals surface area contributed by atoms with Gasteiger partial charge in [0.1, 0.15) is 0 Å². The highest BCUT2D eigenvalue weighted by molar-refractivity contribution is 6.30. The molecule has 0 bridgehead atoms. The Morgan fingerprint density at radius 3 is 2.48 bits per heavy atom. The third-order valence-electron chi connectivity index (χ3n) is 4.11. The van der Waals surface area contributed by atoms with Gasteiger partial charge in [0.25, 0.3) is 0 Å². The van der Waals surface area contributed by atoms with Gasteiger partial charge in [-0.2, -0.15) is 0 Å². The molecule has 6 heteroatoms. The molecule has 23 heavy (non-hydrogen) atoms. The van der Waals surface area contributed by atoms with Gasteiger partial charge in [0, 0.05) is 38.6 Å². The highest BCUT2D eigenvalue weighted by atomic mass is 35.5. The smallest absolute Gasteiger partial charge is 0.194 e. The van der Waals surface area contributed by atoms with Crippen LogP contribution in [0, 0.1) is 0 Å². The first-order chi connectivity index (χ1) is 10.9. The number of halogens is 1. The summed E-state index contributed by atoms with van der Waals surface area (Å²) in [6.45, 7) is 13.3. The molecule has 1 N–H and O–H groups in total. The second-order valence-corrected chi connectivity index (χ2v) is 6.32. The summed E-state index contributed by atoms with van der Waals surface area (Å²) in [5.41, 5.74) is 1.17. The normalized spacial score (nSPS) is 13.5. The molecule has 0 spiro atoms. The molecule has 0 radical (unpaired) electrons. The van der Waals surface area contributed by atoms with Gasteiger partial charge in [-0.3, -0.25) is 9.89 Å². The molecule has 0 saturated heterocycles. The van der Waals surface area contributed by atoms with Crippen molar-refractivity contribution in [3.05, 3.63) is 23.0 Å². The maximum absolute atomic E-state index is 6.07. The number of aromatic nitrogens is 1. The fraction of sp³-hybridized carbons (Fsp3) is 0.706. The third-order valence-corrected chi connectivity index (χ3v) is 4.32. The van der Waals surface area contributed by atoms with Crippen LogP contribution in [0.3, 0.4) is 0 Å². The zero-order chi connectivity index (χ0) is 17.4. The van der Waals surface area contributed by atoms with Crippen molar-refractivity contribution in [3.63, 3.8) is 0 Å². The minimum Gasteiger partial charge on any atom is -0.357 e. The van der Waals surface area contributed by atoms with E-state index in [4.69, 9.17) is 16.6 Å². The lowest BCUT2D eigenvalue weighted by molar-refractivity contribution is 0.236. The molecule has 0 aromatic carbocycles. The molecule has 0 aliphatic rings. The second-order valence-electron chi connectivity index (χ2n) is 5.88. The topological polar surface area (TPSA) is 35.8 Å². The van der Waals surface area contributed by atoms with Gasteiger partial charge >= 0.3 is 0 Å². The molecule has 0 saturated carbocycles. The van der Waals surface area contributed by atoms with Gasteiger partial charge in [0.15, 0.2) is 5.96 Å². The number of guanidine groups is 1. The first-order valence-corrected chi connectivity index (χ1v) is 8.84. The van der Waals surface area contributed by atoms with Crippen LogP contribution in [0.1, 0.15) is 33.4 Å². The first kappa shape index (κ1) is 19.8. The second kappa shape index (κ2) is 9.83. The molecule has 1 aromatic rings. The van der Waals surface area contributed by atoms with Crippen LogP contribution in [0.4, 0.5) is 0 Å². The fourth-order valence-electron chi connectivity index (χ4n) is 2.69. The molecule has 1 heterocycles. The molecule has 0 amide bonds. The number of aryl methyl sites for hydroxylation is 1. The van der Waals surface area contributed by atoms with Crippen LogP contribution in [-0.2, 0) is 13.6 Å². The average molecular weight is 342 g/mol. The van der Waals surface area contributed by atoms with Gasteiger partial charge in [-0.15, -0.1) is 0 Å². The van der Waals surface area contributed by atoms with E-state index in [2.05, 4.69) is 54.4 Å². The minimum absolute atomic E-state index is 0.441. The lowest BCUT2D eigenvalue weighted by Gasteiger charge is -2.27. The summed E-state index contributed by atoms with van der Waals surface area (Å²) in [7, 11) is 4.08. The summed E-state index contributed by atoms with van der Waals surface area (Å²) in [5.74, 6) is 0.934. The van der Waals surface area contributed by atoms with Crippen molar-refractivity contribution >= 4 is 17.6 Å². The fourth-order valence-corrected chi connectivity index (χ4v) is 2.96. The van der Waals surface area contributed by atoms with E-state index in [0.717, 1.165) is 43.7 Å². The zero-order valence-electron chi connectivity index (χ0n) is 15.4. The van der Waals surface area contributed by atoms with Gasteiger partial charge in [-0.1, -0.05) is 25.4 Å². The van der Waals surface area contributed by atoms with Gasteiger partial charge in [0.05, 0.1) is 18.1 Å². The lowest BCUT2D eigenvalue weighted by Crippen LogP contribution is -2.41. The van der Waals surface area contributed by atoms with Crippen molar-refractivity contribution < 1.29 is 0 Å². The zero-order valence-corrected chi connectivity index (χ0v) is 16.2. The van der Waals surface area contributed by atoms with E-state index in [-0.39, 0.29) is 0 Å². The lowest BCUT2D eigenvalue weighted by atomic mass is 10.3. The molecule has 0 fully saturated rings. The third kappa shape index (κ3) is 6.07. The van der Waals surface area contributed by atoms with E-state index in [0.29, 0.717) is 6.04 Å². The number of hydrogen-bond donors (Lipinski definition) is 1. The van der Waals surface area contributed by atoms with Crippen LogP contribution in [0.2, 0.25) is 5.02 Å². The van der Waals surface area contributed by atoms with Gasteiger partial charge in [0.2, 0.25) is 0 Å². The number of hydrogen-bond acceptors (Lipinski definition) is 2.